The Morgan fingerprint density at radius 2 is 1.14 bits per heavy atom. The lowest BCUT2D eigenvalue weighted by molar-refractivity contribution is -0.144. The monoisotopic (exact) mass is 1480 g/mol. The van der Waals surface area contributed by atoms with Crippen LogP contribution in [0.5, 0.6) is 0 Å². The highest BCUT2D eigenvalue weighted by Crippen LogP contribution is 2.23. The first-order valence-corrected chi connectivity index (χ1v) is 37.6. The van der Waals surface area contributed by atoms with E-state index in [4.69, 9.17) is 5.73 Å². The quantitative estimate of drug-likeness (QED) is 0.0442. The van der Waals surface area contributed by atoms with Gasteiger partial charge in [0.05, 0.1) is 6.10 Å². The maximum absolute atomic E-state index is 15.0. The maximum Gasteiger partial charge on any atom is 0.268 e. The molecule has 2 aliphatic rings. The lowest BCUT2D eigenvalue weighted by Gasteiger charge is -2.34. The average molecular weight is 1480 g/mol. The van der Waals surface area contributed by atoms with Crippen molar-refractivity contribution >= 4 is 82.7 Å². The number of aliphatic hydroxyl groups excluding tert-OH is 1. The largest absolute Gasteiger partial charge is 0.391 e. The first-order chi connectivity index (χ1) is 49.3. The molecule has 0 bridgehead atoms. The van der Waals surface area contributed by atoms with E-state index in [1.165, 1.54) is 31.9 Å². The van der Waals surface area contributed by atoms with Crippen molar-refractivity contribution in [1.29, 1.82) is 0 Å². The zero-order valence-electron chi connectivity index (χ0n) is 65.4. The number of hydrogen-bond donors (Lipinski definition) is 14. The van der Waals surface area contributed by atoms with E-state index in [0.29, 0.717) is 24.8 Å². The number of carbonyl (C=O) groups is 14. The third kappa shape index (κ3) is 27.4. The zero-order chi connectivity index (χ0) is 79.4. The molecule has 0 aromatic heterocycles. The molecule has 105 heavy (non-hydrogen) atoms. The molecule has 30 heteroatoms. The Morgan fingerprint density at radius 1 is 0.600 bits per heavy atom. The van der Waals surface area contributed by atoms with E-state index in [0.717, 1.165) is 11.3 Å². The number of benzene rings is 1. The number of nitrogens with one attached hydrogen (secondary N) is 12. The van der Waals surface area contributed by atoms with Gasteiger partial charge < -0.3 is 84.4 Å². The number of hydrogen-bond acceptors (Lipinski definition) is 16. The van der Waals surface area contributed by atoms with E-state index in [9.17, 15) is 62.6 Å². The van der Waals surface area contributed by atoms with Crippen LogP contribution in [0.3, 0.4) is 0 Å². The predicted molar refractivity (Wildman–Crippen MR) is 397 cm³/mol. The van der Waals surface area contributed by atoms with Crippen molar-refractivity contribution in [2.75, 3.05) is 26.7 Å². The number of likely N-dealkylation sites (tertiary alicyclic amines) is 1. The Balaban J connectivity index is 2.00. The van der Waals surface area contributed by atoms with Gasteiger partial charge in [-0.2, -0.15) is 0 Å². The molecule has 0 aliphatic carbocycles. The molecule has 1 aromatic rings. The molecule has 14 amide bonds. The minimum absolute atomic E-state index is 0.0225. The van der Waals surface area contributed by atoms with Gasteiger partial charge in [0.25, 0.3) is 5.91 Å². The van der Waals surface area contributed by atoms with Crippen LogP contribution in [0.2, 0.25) is 0 Å². The van der Waals surface area contributed by atoms with Crippen LogP contribution in [-0.4, -0.2) is 203 Å². The van der Waals surface area contributed by atoms with Crippen LogP contribution >= 0.6 is 0 Å². The first-order valence-electron chi connectivity index (χ1n) is 37.6. The van der Waals surface area contributed by atoms with Crippen molar-refractivity contribution in [2.24, 2.45) is 53.1 Å². The van der Waals surface area contributed by atoms with Gasteiger partial charge in [-0.05, 0) is 105 Å². The SMILES string of the molecule is C/C=C1\NC(=O)[C@H](Cc2ccccc2)NC(=O)[C@H](C(C)C)NC(=O)[C@@H]([C@@H](C)CC)NC(=O)[C@@H](NC(=O)[C@H](NC(=O)[C@H](CCCN)NC(=O)[C@H]2CCCN2C(=O)[C@H](NC(=O)[C@@H](NC(=O)[C@@H](NC(=O)[C@H](NC(=O)CC[C@@H](C)CC)C(C)C)[C@@H](C)O)C(C)C)C(C)C)[C@@H](C)CC)CN(C)C(=O)[C@H](C(C)C)NC1=O. The molecular formula is C75H125N15O15. The van der Waals surface area contributed by atoms with Crippen LogP contribution in [0, 0.1) is 47.3 Å². The number of carbonyl (C=O) groups excluding carboxylic acids is 14. The van der Waals surface area contributed by atoms with Gasteiger partial charge in [0.15, 0.2) is 0 Å². The molecule has 2 fully saturated rings. The van der Waals surface area contributed by atoms with Crippen molar-refractivity contribution in [1.82, 2.24) is 73.6 Å². The fourth-order valence-electron chi connectivity index (χ4n) is 12.2. The van der Waals surface area contributed by atoms with Crippen molar-refractivity contribution in [3.63, 3.8) is 0 Å². The van der Waals surface area contributed by atoms with E-state index in [1.54, 1.807) is 127 Å². The topological polar surface area (TPSA) is 436 Å². The number of aliphatic hydroxyl groups is 1. The number of allylic oxidation sites excluding steroid dienone is 1. The van der Waals surface area contributed by atoms with E-state index in [2.05, 4.69) is 63.8 Å². The van der Waals surface area contributed by atoms with Gasteiger partial charge in [-0.3, -0.25) is 67.1 Å². The lowest BCUT2D eigenvalue weighted by Crippen LogP contribution is -2.64. The van der Waals surface area contributed by atoms with Crippen LogP contribution in [-0.2, 0) is 73.5 Å². The normalized spacial score (nSPS) is 22.2. The van der Waals surface area contributed by atoms with Crippen LogP contribution < -0.4 is 69.5 Å². The molecule has 2 saturated heterocycles. The highest BCUT2D eigenvalue weighted by Gasteiger charge is 2.44. The highest BCUT2D eigenvalue weighted by atomic mass is 16.3. The number of amides is 14. The molecule has 2 heterocycles. The lowest BCUT2D eigenvalue weighted by atomic mass is 9.95. The highest BCUT2D eigenvalue weighted by molar-refractivity contribution is 6.03. The Bertz CT molecular complexity index is 3160. The van der Waals surface area contributed by atoms with E-state index in [-0.39, 0.29) is 69.1 Å². The molecule has 2 aliphatic heterocycles. The molecule has 30 nitrogen and oxygen atoms in total. The zero-order valence-corrected chi connectivity index (χ0v) is 65.4. The fraction of sp³-hybridized carbons (Fsp3) is 0.707. The summed E-state index contributed by atoms with van der Waals surface area (Å²) in [7, 11) is 1.35. The second kappa shape index (κ2) is 43.8. The number of rotatable bonds is 33. The summed E-state index contributed by atoms with van der Waals surface area (Å²) < 4.78 is 0. The Morgan fingerprint density at radius 3 is 1.68 bits per heavy atom. The van der Waals surface area contributed by atoms with Crippen LogP contribution in [0.25, 0.3) is 0 Å². The molecule has 0 radical (unpaired) electrons. The predicted octanol–water partition coefficient (Wildman–Crippen LogP) is 1.36. The van der Waals surface area contributed by atoms with Crippen molar-refractivity contribution in [2.45, 2.75) is 267 Å². The second-order valence-electron chi connectivity index (χ2n) is 30.1. The average Bonchev–Trinajstić information content (AvgIpc) is 1.80. The first kappa shape index (κ1) is 90.7. The molecule has 590 valence electrons. The van der Waals surface area contributed by atoms with Gasteiger partial charge >= 0.3 is 0 Å². The van der Waals surface area contributed by atoms with Gasteiger partial charge in [-0.25, -0.2) is 0 Å². The summed E-state index contributed by atoms with van der Waals surface area (Å²) in [5.41, 5.74) is 6.39. The van der Waals surface area contributed by atoms with Crippen LogP contribution in [0.1, 0.15) is 188 Å². The molecule has 0 saturated carbocycles. The third-order valence-electron chi connectivity index (χ3n) is 19.8. The maximum atomic E-state index is 15.0. The summed E-state index contributed by atoms with van der Waals surface area (Å²) in [4.78, 5) is 204. The van der Waals surface area contributed by atoms with Crippen molar-refractivity contribution < 1.29 is 72.2 Å². The van der Waals surface area contributed by atoms with Gasteiger partial charge in [-0.15, -0.1) is 0 Å². The fourth-order valence-corrected chi connectivity index (χ4v) is 12.2. The Labute approximate surface area is 620 Å². The summed E-state index contributed by atoms with van der Waals surface area (Å²) in [6.45, 7) is 30.1. The molecule has 1 aromatic carbocycles. The number of likely N-dealkylation sites (N-methyl/N-ethyl adjacent to an activating group) is 1. The summed E-state index contributed by atoms with van der Waals surface area (Å²) in [6, 6.07) is -7.18. The minimum Gasteiger partial charge on any atom is -0.391 e. The second-order valence-corrected chi connectivity index (χ2v) is 30.1. The number of nitrogens with two attached hydrogens (primary N) is 1. The molecule has 3 rings (SSSR count). The Hall–Kier alpha value is -8.54. The summed E-state index contributed by atoms with van der Waals surface area (Å²) in [6.07, 6.45) is 2.79. The third-order valence-corrected chi connectivity index (χ3v) is 19.8. The van der Waals surface area contributed by atoms with Gasteiger partial charge in [-0.1, -0.05) is 166 Å². The van der Waals surface area contributed by atoms with Crippen molar-refractivity contribution in [3.8, 4) is 0 Å². The van der Waals surface area contributed by atoms with E-state index >= 15 is 9.59 Å². The van der Waals surface area contributed by atoms with Gasteiger partial charge in [0.1, 0.15) is 78.2 Å². The minimum atomic E-state index is -1.67. The standard InChI is InChI=1S/C75H125N15O15/c1-20-44(15)33-34-54(92)81-55(39(5)6)69(99)88-62(47(18)91)73(103)83-57(41(9)10)70(100)85-59(43(13)14)75(105)90-36-28-32-53(90)67(97)78-50(31-27-35-76)64(94)86-60(45(16)21-2)71(101)80-52-38-89(19)74(104)58(42(11)12)84-63(93)49(23-4)77-65(95)51(37-48-29-25-24-26-30-48)79-68(98)56(40(7)8)82-72(102)61(46(17)22-3)87-66(52)96/h23-26,29-30,39-47,50-53,55-62,91H,20-22,27-28,31-38,76H2,1-19H3,(H,77,95)(H,78,97)(H,79,98)(H,80,101)(H,81,92)(H,82,102)(H,83,103)(H,84,93)(H,85,100)(H,86,94)(H,87,96)(H,88,99)/b49-23-/t44-,45-,46-,47+,50-,51-,52-,53+,55+,56-,57-,58-,59+,60+,61+,62-/m0/s1. The molecule has 16 atom stereocenters. The summed E-state index contributed by atoms with van der Waals surface area (Å²) >= 11 is 0. The van der Waals surface area contributed by atoms with Crippen LogP contribution in [0.15, 0.2) is 42.1 Å². The summed E-state index contributed by atoms with van der Waals surface area (Å²) in [5, 5.41) is 43.5. The van der Waals surface area contributed by atoms with E-state index in [1.807, 2.05) is 13.8 Å². The number of nitrogens with zero attached hydrogens (tertiary/aromatic N) is 2. The molecule has 15 N–H and O–H groups in total. The smallest absolute Gasteiger partial charge is 0.268 e. The van der Waals surface area contributed by atoms with E-state index < -0.39 is 203 Å². The molecular weight excluding hydrogens is 1350 g/mol. The Kier molecular flexibility index (Phi) is 37.8. The van der Waals surface area contributed by atoms with Crippen LogP contribution in [0.4, 0.5) is 0 Å². The molecule has 0 spiro atoms. The summed E-state index contributed by atoms with van der Waals surface area (Å²) in [5.74, 6) is -14.4. The van der Waals surface area contributed by atoms with Gasteiger partial charge in [0.2, 0.25) is 76.8 Å². The van der Waals surface area contributed by atoms with Gasteiger partial charge in [0, 0.05) is 33.0 Å². The molecule has 0 unspecified atom stereocenters. The van der Waals surface area contributed by atoms with Crippen molar-refractivity contribution in [3.05, 3.63) is 47.7 Å².